The van der Waals surface area contributed by atoms with Gasteiger partial charge in [0.2, 0.25) is 0 Å². The third-order valence-corrected chi connectivity index (χ3v) is 5.67. The van der Waals surface area contributed by atoms with E-state index in [-0.39, 0.29) is 11.5 Å². The summed E-state index contributed by atoms with van der Waals surface area (Å²) in [6, 6.07) is 8.23. The second-order valence-corrected chi connectivity index (χ2v) is 8.38. The molecule has 1 aromatic heterocycles. The third-order valence-electron chi connectivity index (χ3n) is 3.83. The van der Waals surface area contributed by atoms with Gasteiger partial charge in [0.25, 0.3) is 5.91 Å². The molecule has 1 aromatic carbocycles. The van der Waals surface area contributed by atoms with E-state index in [4.69, 9.17) is 11.6 Å². The van der Waals surface area contributed by atoms with Gasteiger partial charge in [0.05, 0.1) is 9.35 Å². The van der Waals surface area contributed by atoms with Gasteiger partial charge in [-0.3, -0.25) is 9.69 Å². The summed E-state index contributed by atoms with van der Waals surface area (Å²) < 4.78 is 14.9. The number of carbonyl (C=O) groups is 1. The summed E-state index contributed by atoms with van der Waals surface area (Å²) in [7, 11) is 0. The minimum atomic E-state index is -0.523. The fourth-order valence-electron chi connectivity index (χ4n) is 2.60. The number of nitrogens with zero attached hydrogens (tertiary/aromatic N) is 2. The molecule has 122 valence electrons. The van der Waals surface area contributed by atoms with Crippen molar-refractivity contribution in [2.75, 3.05) is 26.2 Å². The number of amides is 1. The summed E-state index contributed by atoms with van der Waals surface area (Å²) >= 11 is 11.1. The van der Waals surface area contributed by atoms with E-state index in [1.165, 1.54) is 23.1 Å². The maximum atomic E-state index is 13.8. The lowest BCUT2D eigenvalue weighted by Gasteiger charge is -2.34. The van der Waals surface area contributed by atoms with Gasteiger partial charge in [-0.05, 0) is 46.3 Å². The molecule has 0 bridgehead atoms. The van der Waals surface area contributed by atoms with Crippen LogP contribution in [0.1, 0.15) is 15.2 Å². The Morgan fingerprint density at radius 2 is 1.96 bits per heavy atom. The summed E-state index contributed by atoms with van der Waals surface area (Å²) in [5.41, 5.74) is 0.0492. The van der Waals surface area contributed by atoms with E-state index in [0.717, 1.165) is 23.4 Å². The summed E-state index contributed by atoms with van der Waals surface area (Å²) in [5, 5.41) is 0.372. The van der Waals surface area contributed by atoms with Crippen molar-refractivity contribution in [3.05, 3.63) is 55.4 Å². The molecule has 0 radical (unpaired) electrons. The zero-order chi connectivity index (χ0) is 16.4. The fraction of sp³-hybridized carbons (Fsp3) is 0.312. The number of benzene rings is 1. The van der Waals surface area contributed by atoms with Crippen LogP contribution >= 0.6 is 38.9 Å². The minimum absolute atomic E-state index is 0.0492. The monoisotopic (exact) mass is 416 g/mol. The van der Waals surface area contributed by atoms with Crippen LogP contribution < -0.4 is 0 Å². The van der Waals surface area contributed by atoms with Gasteiger partial charge >= 0.3 is 0 Å². The van der Waals surface area contributed by atoms with Gasteiger partial charge in [0, 0.05) is 42.6 Å². The standard InChI is InChI=1S/C16H15BrClFN2OS/c17-15-4-2-12(23-15)10-20-5-7-21(8-6-20)16(22)13-9-11(18)1-3-14(13)19/h1-4,9H,5-8,10H2. The van der Waals surface area contributed by atoms with Crippen molar-refractivity contribution in [2.45, 2.75) is 6.54 Å². The molecule has 0 N–H and O–H groups in total. The van der Waals surface area contributed by atoms with Crippen molar-refractivity contribution < 1.29 is 9.18 Å². The van der Waals surface area contributed by atoms with Crippen LogP contribution in [0, 0.1) is 5.82 Å². The molecule has 0 aliphatic carbocycles. The van der Waals surface area contributed by atoms with Gasteiger partial charge < -0.3 is 4.90 Å². The van der Waals surface area contributed by atoms with Gasteiger partial charge in [-0.1, -0.05) is 11.6 Å². The number of rotatable bonds is 3. The zero-order valence-corrected chi connectivity index (χ0v) is 15.4. The lowest BCUT2D eigenvalue weighted by atomic mass is 10.1. The van der Waals surface area contributed by atoms with Crippen molar-refractivity contribution in [1.29, 1.82) is 0 Å². The Kier molecular flexibility index (Phi) is 5.36. The third kappa shape index (κ3) is 4.12. The lowest BCUT2D eigenvalue weighted by Crippen LogP contribution is -2.48. The first-order chi connectivity index (χ1) is 11.0. The van der Waals surface area contributed by atoms with Gasteiger partial charge in [0.15, 0.2) is 0 Å². The molecule has 23 heavy (non-hydrogen) atoms. The van der Waals surface area contributed by atoms with E-state index in [0.29, 0.717) is 18.1 Å². The number of thiophene rings is 1. The van der Waals surface area contributed by atoms with Crippen LogP contribution in [0.2, 0.25) is 5.02 Å². The highest BCUT2D eigenvalue weighted by atomic mass is 79.9. The molecule has 0 spiro atoms. The van der Waals surface area contributed by atoms with Gasteiger partial charge in [-0.15, -0.1) is 11.3 Å². The van der Waals surface area contributed by atoms with Crippen LogP contribution in [0.25, 0.3) is 0 Å². The molecule has 1 saturated heterocycles. The first kappa shape index (κ1) is 16.9. The zero-order valence-electron chi connectivity index (χ0n) is 12.3. The molecule has 0 unspecified atom stereocenters. The van der Waals surface area contributed by atoms with Crippen LogP contribution in [0.4, 0.5) is 4.39 Å². The van der Waals surface area contributed by atoms with E-state index < -0.39 is 5.82 Å². The Hall–Kier alpha value is -0.950. The topological polar surface area (TPSA) is 23.6 Å². The molecular formula is C16H15BrClFN2OS. The molecule has 3 nitrogen and oxygen atoms in total. The van der Waals surface area contributed by atoms with Crippen LogP contribution in [0.5, 0.6) is 0 Å². The van der Waals surface area contributed by atoms with E-state index in [2.05, 4.69) is 26.9 Å². The Morgan fingerprint density at radius 3 is 2.61 bits per heavy atom. The maximum absolute atomic E-state index is 13.8. The number of hydrogen-bond acceptors (Lipinski definition) is 3. The van der Waals surface area contributed by atoms with Crippen molar-refractivity contribution in [2.24, 2.45) is 0 Å². The average molecular weight is 418 g/mol. The normalized spacial score (nSPS) is 15.9. The second-order valence-electron chi connectivity index (χ2n) is 5.40. The van der Waals surface area contributed by atoms with Gasteiger partial charge in [-0.2, -0.15) is 0 Å². The van der Waals surface area contributed by atoms with E-state index in [9.17, 15) is 9.18 Å². The highest BCUT2D eigenvalue weighted by molar-refractivity contribution is 9.11. The minimum Gasteiger partial charge on any atom is -0.336 e. The van der Waals surface area contributed by atoms with Crippen molar-refractivity contribution in [3.63, 3.8) is 0 Å². The lowest BCUT2D eigenvalue weighted by molar-refractivity contribution is 0.0625. The number of hydrogen-bond donors (Lipinski definition) is 0. The Labute approximate surface area is 151 Å². The van der Waals surface area contributed by atoms with E-state index in [1.807, 2.05) is 6.07 Å². The molecule has 1 amide bonds. The predicted molar refractivity (Wildman–Crippen MR) is 94.6 cm³/mol. The van der Waals surface area contributed by atoms with Crippen molar-refractivity contribution in [3.8, 4) is 0 Å². The van der Waals surface area contributed by atoms with Crippen molar-refractivity contribution in [1.82, 2.24) is 9.80 Å². The molecule has 1 fully saturated rings. The molecule has 1 aliphatic rings. The van der Waals surface area contributed by atoms with Crippen LogP contribution in [0.3, 0.4) is 0 Å². The van der Waals surface area contributed by atoms with E-state index in [1.54, 1.807) is 16.2 Å². The molecule has 1 aliphatic heterocycles. The molecule has 2 aromatic rings. The molecule has 0 atom stereocenters. The quantitative estimate of drug-likeness (QED) is 0.745. The largest absolute Gasteiger partial charge is 0.336 e. The Bertz CT molecular complexity index is 716. The summed E-state index contributed by atoms with van der Waals surface area (Å²) in [4.78, 5) is 17.7. The molecule has 2 heterocycles. The number of carbonyl (C=O) groups excluding carboxylic acids is 1. The molecule has 0 saturated carbocycles. The Balaban J connectivity index is 1.60. The number of piperazine rings is 1. The molecular weight excluding hydrogens is 403 g/mol. The number of halogens is 3. The highest BCUT2D eigenvalue weighted by Gasteiger charge is 2.24. The highest BCUT2D eigenvalue weighted by Crippen LogP contribution is 2.24. The van der Waals surface area contributed by atoms with E-state index >= 15 is 0 Å². The van der Waals surface area contributed by atoms with Crippen LogP contribution in [-0.2, 0) is 6.54 Å². The van der Waals surface area contributed by atoms with Crippen LogP contribution in [0.15, 0.2) is 34.1 Å². The SMILES string of the molecule is O=C(c1cc(Cl)ccc1F)N1CCN(Cc2ccc(Br)s2)CC1. The van der Waals surface area contributed by atoms with Crippen molar-refractivity contribution >= 4 is 44.8 Å². The second kappa shape index (κ2) is 7.30. The first-order valence-corrected chi connectivity index (χ1v) is 9.22. The van der Waals surface area contributed by atoms with Gasteiger partial charge in [-0.25, -0.2) is 4.39 Å². The Morgan fingerprint density at radius 1 is 1.22 bits per heavy atom. The first-order valence-electron chi connectivity index (χ1n) is 7.24. The summed E-state index contributed by atoms with van der Waals surface area (Å²) in [5.74, 6) is -0.811. The maximum Gasteiger partial charge on any atom is 0.256 e. The van der Waals surface area contributed by atoms with Crippen LogP contribution in [-0.4, -0.2) is 41.9 Å². The fourth-order valence-corrected chi connectivity index (χ4v) is 4.30. The smallest absolute Gasteiger partial charge is 0.256 e. The van der Waals surface area contributed by atoms with Gasteiger partial charge in [0.1, 0.15) is 5.82 Å². The average Bonchev–Trinajstić information content (AvgIpc) is 2.95. The summed E-state index contributed by atoms with van der Waals surface area (Å²) in [6.45, 7) is 3.63. The predicted octanol–water partition coefficient (Wildman–Crippen LogP) is 4.26. The molecule has 7 heteroatoms. The molecule has 3 rings (SSSR count). The summed E-state index contributed by atoms with van der Waals surface area (Å²) in [6.07, 6.45) is 0.